The lowest BCUT2D eigenvalue weighted by Crippen LogP contribution is -2.44. The van der Waals surface area contributed by atoms with Crippen LogP contribution >= 0.6 is 11.8 Å². The van der Waals surface area contributed by atoms with Crippen molar-refractivity contribution in [2.24, 2.45) is 9.98 Å². The highest BCUT2D eigenvalue weighted by Crippen LogP contribution is 2.27. The van der Waals surface area contributed by atoms with Crippen molar-refractivity contribution in [2.45, 2.75) is 6.42 Å². The van der Waals surface area contributed by atoms with Crippen molar-refractivity contribution < 1.29 is 28.3 Å². The van der Waals surface area contributed by atoms with Gasteiger partial charge in [-0.25, -0.2) is 4.99 Å². The lowest BCUT2D eigenvalue weighted by molar-refractivity contribution is -0.118. The summed E-state index contributed by atoms with van der Waals surface area (Å²) in [5, 5.41) is 13.2. The molecule has 0 atom stereocenters. The molecular weight excluding hydrogens is 450 g/mol. The first-order chi connectivity index (χ1) is 15.9. The number of aliphatic imine (C=N–C) groups is 2. The van der Waals surface area contributed by atoms with Gasteiger partial charge in [0.1, 0.15) is 0 Å². The molecule has 3 amide bonds. The zero-order valence-electron chi connectivity index (χ0n) is 17.8. The van der Waals surface area contributed by atoms with E-state index >= 15 is 0 Å². The molecule has 0 unspecified atom stereocenters. The molecule has 33 heavy (non-hydrogen) atoms. The van der Waals surface area contributed by atoms with Crippen LogP contribution in [0, 0.1) is 5.41 Å². The van der Waals surface area contributed by atoms with Crippen molar-refractivity contribution in [1.29, 1.82) is 5.41 Å². The van der Waals surface area contributed by atoms with E-state index < -0.39 is 23.4 Å². The molecule has 1 aliphatic heterocycles. The molecule has 3 N–H and O–H groups in total. The summed E-state index contributed by atoms with van der Waals surface area (Å²) in [6, 6.07) is 8.42. The first-order valence-electron chi connectivity index (χ1n) is 9.67. The molecule has 2 aromatic rings. The van der Waals surface area contributed by atoms with Crippen molar-refractivity contribution in [3.8, 4) is 11.5 Å². The summed E-state index contributed by atoms with van der Waals surface area (Å²) in [6.07, 6.45) is 1.88. The van der Waals surface area contributed by atoms with Crippen molar-refractivity contribution in [3.05, 3.63) is 47.9 Å². The molecular formula is C21H21N5O6S. The number of methoxy groups -OCH3 is 2. The normalized spacial score (nSPS) is 14.5. The number of nitrogens with one attached hydrogen (secondary N) is 3. The average molecular weight is 471 g/mol. The number of amidine groups is 2. The minimum absolute atomic E-state index is 0.0177. The molecule has 0 bridgehead atoms. The van der Waals surface area contributed by atoms with Crippen LogP contribution < -0.4 is 20.1 Å². The molecule has 0 saturated carbocycles. The van der Waals surface area contributed by atoms with Crippen LogP contribution in [-0.2, 0) is 16.0 Å². The molecule has 0 aliphatic carbocycles. The molecule has 0 saturated heterocycles. The van der Waals surface area contributed by atoms with Crippen molar-refractivity contribution in [2.75, 3.05) is 26.5 Å². The Bertz CT molecular complexity index is 1130. The summed E-state index contributed by atoms with van der Waals surface area (Å²) >= 11 is 0.959. The van der Waals surface area contributed by atoms with Gasteiger partial charge in [0.2, 0.25) is 5.91 Å². The third kappa shape index (κ3) is 6.29. The van der Waals surface area contributed by atoms with Crippen LogP contribution in [0.25, 0.3) is 0 Å². The second-order valence-corrected chi connectivity index (χ2v) is 7.50. The molecule has 2 heterocycles. The van der Waals surface area contributed by atoms with Crippen molar-refractivity contribution in [3.63, 3.8) is 0 Å². The largest absolute Gasteiger partial charge is 0.493 e. The lowest BCUT2D eigenvalue weighted by Gasteiger charge is -2.14. The molecule has 1 aliphatic rings. The van der Waals surface area contributed by atoms with E-state index in [1.54, 1.807) is 20.3 Å². The average Bonchev–Trinajstić information content (AvgIpc) is 3.35. The Hall–Kier alpha value is -3.93. The van der Waals surface area contributed by atoms with Gasteiger partial charge >= 0.3 is 5.91 Å². The Balaban J connectivity index is 1.48. The van der Waals surface area contributed by atoms with Gasteiger partial charge in [-0.2, -0.15) is 4.99 Å². The number of hydrogen-bond acceptors (Lipinski definition) is 8. The van der Waals surface area contributed by atoms with Crippen LogP contribution in [0.15, 0.2) is 51.0 Å². The summed E-state index contributed by atoms with van der Waals surface area (Å²) in [6.45, 7) is 0.398. The second kappa shape index (κ2) is 11.1. The molecule has 0 radical (unpaired) electrons. The third-order valence-corrected chi connectivity index (χ3v) is 5.22. The van der Waals surface area contributed by atoms with E-state index in [1.165, 1.54) is 18.4 Å². The molecule has 1 aromatic heterocycles. The monoisotopic (exact) mass is 471 g/mol. The topological polar surface area (TPSA) is 155 Å². The fourth-order valence-corrected chi connectivity index (χ4v) is 3.43. The molecule has 172 valence electrons. The summed E-state index contributed by atoms with van der Waals surface area (Å²) in [4.78, 5) is 43.8. The molecule has 3 rings (SSSR count). The smallest absolute Gasteiger partial charge is 0.313 e. The molecule has 0 spiro atoms. The standard InChI is InChI=1S/C21H21N5O6S/c1-30-13-6-5-12(10-15(13)31-2)7-8-23-16(27)11-33-21-25-18(22)17(20(29)26-21)24-19(28)14-4-3-9-32-14/h3-6,9-10H,7-8,11H2,1-2H3,(H,23,27)(H2,22,25,26,29). The van der Waals surface area contributed by atoms with E-state index in [2.05, 4.69) is 20.6 Å². The Morgan fingerprint density at radius 1 is 1.24 bits per heavy atom. The van der Waals surface area contributed by atoms with Crippen LogP contribution in [-0.4, -0.2) is 61.0 Å². The summed E-state index contributed by atoms with van der Waals surface area (Å²) in [7, 11) is 3.11. The zero-order valence-corrected chi connectivity index (χ0v) is 18.7. The highest BCUT2D eigenvalue weighted by molar-refractivity contribution is 8.14. The number of thioether (sulfide) groups is 1. The number of furan rings is 1. The Morgan fingerprint density at radius 3 is 2.70 bits per heavy atom. The van der Waals surface area contributed by atoms with Crippen molar-refractivity contribution >= 4 is 46.2 Å². The maximum Gasteiger partial charge on any atom is 0.313 e. The number of ether oxygens (including phenoxy) is 2. The number of rotatable bonds is 8. The molecule has 1 aromatic carbocycles. The summed E-state index contributed by atoms with van der Waals surface area (Å²) in [5.74, 6) is -1.14. The molecule has 12 heteroatoms. The third-order valence-electron chi connectivity index (χ3n) is 4.34. The number of carbonyl (C=O) groups excluding carboxylic acids is 3. The summed E-state index contributed by atoms with van der Waals surface area (Å²) in [5.41, 5.74) is 0.536. The van der Waals surface area contributed by atoms with Crippen LogP contribution in [0.4, 0.5) is 0 Å². The number of amides is 3. The quantitative estimate of drug-likeness (QED) is 0.526. The van der Waals surface area contributed by atoms with Gasteiger partial charge in [-0.3, -0.25) is 25.1 Å². The van der Waals surface area contributed by atoms with E-state index in [0.29, 0.717) is 24.5 Å². The van der Waals surface area contributed by atoms with Crippen LogP contribution in [0.3, 0.4) is 0 Å². The van der Waals surface area contributed by atoms with Gasteiger partial charge in [0.25, 0.3) is 5.91 Å². The zero-order chi connectivity index (χ0) is 23.8. The predicted molar refractivity (Wildman–Crippen MR) is 122 cm³/mol. The van der Waals surface area contributed by atoms with Crippen LogP contribution in [0.2, 0.25) is 0 Å². The van der Waals surface area contributed by atoms with Gasteiger partial charge in [-0.15, -0.1) is 0 Å². The number of hydrogen-bond donors (Lipinski definition) is 3. The Labute approximate surface area is 193 Å². The highest BCUT2D eigenvalue weighted by atomic mass is 32.2. The van der Waals surface area contributed by atoms with Gasteiger partial charge in [0.05, 0.1) is 26.2 Å². The Morgan fingerprint density at radius 2 is 2.03 bits per heavy atom. The van der Waals surface area contributed by atoms with Gasteiger partial charge in [-0.05, 0) is 36.2 Å². The first kappa shape index (κ1) is 23.7. The van der Waals surface area contributed by atoms with E-state index in [0.717, 1.165) is 17.3 Å². The SMILES string of the molecule is COc1ccc(CCNC(=O)CSC2=NC(=N)C(=NC(=O)c3ccco3)C(=O)N2)cc1OC. The first-order valence-corrected chi connectivity index (χ1v) is 10.7. The van der Waals surface area contributed by atoms with Gasteiger partial charge in [0.15, 0.2) is 34.0 Å². The van der Waals surface area contributed by atoms with E-state index in [9.17, 15) is 14.4 Å². The second-order valence-electron chi connectivity index (χ2n) is 6.54. The summed E-state index contributed by atoms with van der Waals surface area (Å²) < 4.78 is 15.4. The van der Waals surface area contributed by atoms with E-state index in [-0.39, 0.29) is 22.6 Å². The Kier molecular flexibility index (Phi) is 7.97. The van der Waals surface area contributed by atoms with E-state index in [4.69, 9.17) is 19.3 Å². The maximum atomic E-state index is 12.2. The maximum absolute atomic E-state index is 12.2. The van der Waals surface area contributed by atoms with Crippen LogP contribution in [0.1, 0.15) is 16.1 Å². The fraction of sp³-hybridized carbons (Fsp3) is 0.238. The number of carbonyl (C=O) groups is 3. The minimum Gasteiger partial charge on any atom is -0.493 e. The van der Waals surface area contributed by atoms with E-state index in [1.807, 2.05) is 12.1 Å². The minimum atomic E-state index is -0.796. The number of benzene rings is 1. The molecule has 0 fully saturated rings. The van der Waals surface area contributed by atoms with Crippen LogP contribution in [0.5, 0.6) is 11.5 Å². The van der Waals surface area contributed by atoms with Gasteiger partial charge < -0.3 is 19.2 Å². The lowest BCUT2D eigenvalue weighted by atomic mass is 10.1. The predicted octanol–water partition coefficient (Wildman–Crippen LogP) is 1.43. The number of nitrogens with zero attached hydrogens (tertiary/aromatic N) is 2. The van der Waals surface area contributed by atoms with Gasteiger partial charge in [0, 0.05) is 6.54 Å². The van der Waals surface area contributed by atoms with Crippen molar-refractivity contribution in [1.82, 2.24) is 10.6 Å². The molecule has 11 nitrogen and oxygen atoms in total. The highest BCUT2D eigenvalue weighted by Gasteiger charge is 2.26. The fourth-order valence-electron chi connectivity index (χ4n) is 2.74. The van der Waals surface area contributed by atoms with Gasteiger partial charge in [-0.1, -0.05) is 17.8 Å².